The number of aliphatic hydroxyl groups excluding tert-OH is 17. The molecule has 72 heavy (non-hydrogen) atoms. The molecule has 0 aromatic heterocycles. The van der Waals surface area contributed by atoms with E-state index in [0.29, 0.717) is 0 Å². The van der Waals surface area contributed by atoms with Crippen molar-refractivity contribution in [3.8, 4) is 0 Å². The Labute approximate surface area is 408 Å². The van der Waals surface area contributed by atoms with Gasteiger partial charge in [0, 0.05) is 13.8 Å². The largest absolute Gasteiger partial charge is 0.394 e. The predicted octanol–water partition coefficient (Wildman–Crippen LogP) is -12.8. The van der Waals surface area contributed by atoms with Gasteiger partial charge in [-0.2, -0.15) is 0 Å². The van der Waals surface area contributed by atoms with E-state index in [0.717, 1.165) is 13.8 Å². The molecule has 19 N–H and O–H groups in total. The zero-order chi connectivity index (χ0) is 53.2. The summed E-state index contributed by atoms with van der Waals surface area (Å²) in [5.41, 5.74) is 0. The van der Waals surface area contributed by atoms with E-state index in [2.05, 4.69) is 10.6 Å². The molecule has 6 heterocycles. The Morgan fingerprint density at radius 1 is 0.361 bits per heavy atom. The average Bonchev–Trinajstić information content (AvgIpc) is 3.34. The van der Waals surface area contributed by atoms with Gasteiger partial charge in [0.2, 0.25) is 11.8 Å². The monoisotopic (exact) mass is 1060 g/mol. The molecule has 32 nitrogen and oxygen atoms in total. The van der Waals surface area contributed by atoms with Crippen molar-refractivity contribution >= 4 is 11.8 Å². The SMILES string of the molecule is CC(=O)N[C@H]1[C@H](O[C@H]2[C@@H](O)[C@@H](CO)O[C@@H](O[C@@H]3[C@@H](O[C@H]4O[C@H](CO)[C@H](O)[C@H](O)[C@H]4O)[C@@H](O)[C@@H](O[C@H]4[C@H](O)[C@@H](O)[C@H](O)O[C@@H]4CO)O[C@H]3C)[C@@H]2O)O[C@H](CO)[C@@H](O[C@@H]2O[C@H](CO)[C@H](O)[C@H](O)[C@H]2NC(C)=O)[C@@H]1O. The number of rotatable bonds is 17. The second-order valence-electron chi connectivity index (χ2n) is 18.2. The van der Waals surface area contributed by atoms with E-state index in [1.54, 1.807) is 0 Å². The second-order valence-corrected chi connectivity index (χ2v) is 18.2. The summed E-state index contributed by atoms with van der Waals surface area (Å²) in [5.74, 6) is -1.55. The van der Waals surface area contributed by atoms with Crippen LogP contribution in [0.5, 0.6) is 0 Å². The Kier molecular flexibility index (Phi) is 20.8. The highest BCUT2D eigenvalue weighted by atomic mass is 16.8. The summed E-state index contributed by atoms with van der Waals surface area (Å²) in [6.45, 7) is -1.32. The zero-order valence-corrected chi connectivity index (χ0v) is 38.8. The molecule has 0 aromatic rings. The number of carbonyl (C=O) groups is 2. The Bertz CT molecular complexity index is 1730. The number of carbonyl (C=O) groups excluding carboxylic acids is 2. The fourth-order valence-electron chi connectivity index (χ4n) is 9.29. The van der Waals surface area contributed by atoms with E-state index in [1.165, 1.54) is 6.92 Å². The summed E-state index contributed by atoms with van der Waals surface area (Å²) in [6, 6.07) is -3.28. The summed E-state index contributed by atoms with van der Waals surface area (Å²) in [7, 11) is 0. The van der Waals surface area contributed by atoms with E-state index in [4.69, 9.17) is 52.1 Å². The average molecular weight is 1060 g/mol. The van der Waals surface area contributed by atoms with Crippen LogP contribution < -0.4 is 10.6 Å². The first kappa shape index (κ1) is 59.1. The molecule has 0 aliphatic carbocycles. The molecule has 0 saturated carbocycles. The van der Waals surface area contributed by atoms with Gasteiger partial charge in [-0.05, 0) is 6.92 Å². The molecule has 0 bridgehead atoms. The summed E-state index contributed by atoms with van der Waals surface area (Å²) < 4.78 is 63.6. The van der Waals surface area contributed by atoms with Crippen LogP contribution in [-0.2, 0) is 61.7 Å². The number of aliphatic hydroxyl groups is 17. The first-order valence-corrected chi connectivity index (χ1v) is 23.0. The lowest BCUT2D eigenvalue weighted by molar-refractivity contribution is -0.400. The molecular weight excluding hydrogens is 988 g/mol. The molecule has 6 aliphatic heterocycles. The number of nitrogens with one attached hydrogen (secondary N) is 2. The van der Waals surface area contributed by atoms with Crippen LogP contribution in [0.1, 0.15) is 20.8 Å². The van der Waals surface area contributed by atoms with Crippen molar-refractivity contribution in [1.29, 1.82) is 0 Å². The van der Waals surface area contributed by atoms with Gasteiger partial charge in [0.15, 0.2) is 37.7 Å². The second kappa shape index (κ2) is 25.3. The fraction of sp³-hybridized carbons (Fsp3) is 0.950. The maximum Gasteiger partial charge on any atom is 0.217 e. The van der Waals surface area contributed by atoms with Crippen molar-refractivity contribution in [1.82, 2.24) is 10.6 Å². The van der Waals surface area contributed by atoms with Crippen molar-refractivity contribution in [2.24, 2.45) is 0 Å². The van der Waals surface area contributed by atoms with Gasteiger partial charge in [-0.15, -0.1) is 0 Å². The van der Waals surface area contributed by atoms with Crippen molar-refractivity contribution in [3.05, 3.63) is 0 Å². The van der Waals surface area contributed by atoms with Gasteiger partial charge in [0.25, 0.3) is 0 Å². The van der Waals surface area contributed by atoms with E-state index >= 15 is 0 Å². The summed E-state index contributed by atoms with van der Waals surface area (Å²) in [6.07, 6.45) is -52.1. The number of hydrogen-bond acceptors (Lipinski definition) is 30. The third-order valence-corrected chi connectivity index (χ3v) is 13.2. The molecule has 6 saturated heterocycles. The van der Waals surface area contributed by atoms with Gasteiger partial charge in [-0.1, -0.05) is 0 Å². The molecule has 0 unspecified atom stereocenters. The molecule has 6 fully saturated rings. The normalized spacial score (nSPS) is 50.3. The lowest BCUT2D eigenvalue weighted by atomic mass is 9.94. The molecule has 0 radical (unpaired) electrons. The highest BCUT2D eigenvalue weighted by Gasteiger charge is 2.58. The molecule has 0 aromatic carbocycles. The van der Waals surface area contributed by atoms with Crippen molar-refractivity contribution in [3.63, 3.8) is 0 Å². The maximum absolute atomic E-state index is 12.6. The van der Waals surface area contributed by atoms with E-state index in [1.807, 2.05) is 0 Å². The topological polar surface area (TPSA) is 504 Å². The molecule has 6 aliphatic rings. The minimum Gasteiger partial charge on any atom is -0.394 e. The van der Waals surface area contributed by atoms with Crippen LogP contribution in [0.3, 0.4) is 0 Å². The number of ether oxygens (including phenoxy) is 11. The van der Waals surface area contributed by atoms with Crippen LogP contribution in [0, 0.1) is 0 Å². The minimum absolute atomic E-state index is 0.727. The summed E-state index contributed by atoms with van der Waals surface area (Å²) in [5, 5.41) is 186. The van der Waals surface area contributed by atoms with Crippen molar-refractivity contribution in [2.45, 2.75) is 205 Å². The quantitative estimate of drug-likeness (QED) is 0.0643. The van der Waals surface area contributed by atoms with Crippen LogP contribution in [0.4, 0.5) is 0 Å². The van der Waals surface area contributed by atoms with Crippen LogP contribution in [0.25, 0.3) is 0 Å². The van der Waals surface area contributed by atoms with Crippen LogP contribution in [0.2, 0.25) is 0 Å². The highest BCUT2D eigenvalue weighted by molar-refractivity contribution is 5.73. The van der Waals surface area contributed by atoms with Crippen molar-refractivity contribution in [2.75, 3.05) is 33.0 Å². The Morgan fingerprint density at radius 2 is 0.736 bits per heavy atom. The standard InChI is InChI=1S/C40H68N2O30/c1-9-30(34(72-38-27(58)24(55)20(51)13(5-44)65-38)29(60)39(62-9)70-32-15(7-46)63-35(61)26(57)25(32)56)68-40-28(59)33(21(52)14(6-45)66-40)71-37-18(42-11(3)49)23(54)31(16(8-47)67-37)69-36-17(41-10(2)48)22(53)19(50)12(4-43)64-36/h9,12-40,43-47,50-61H,4-8H2,1-3H3,(H,41,48)(H,42,49)/t9-,12+,13+,14+,15+,16+,17+,18+,19-,20-,21-,22+,23+,24-,25+,26+,27+,28+,29+,30-,31+,32+,33-,34-,35+,36-,37-,38+,39+,40-/m0/s1. The first-order chi connectivity index (χ1) is 34.0. The third kappa shape index (κ3) is 12.5. The van der Waals surface area contributed by atoms with Gasteiger partial charge >= 0.3 is 0 Å². The molecule has 30 atom stereocenters. The van der Waals surface area contributed by atoms with E-state index in [9.17, 15) is 96.4 Å². The van der Waals surface area contributed by atoms with E-state index in [-0.39, 0.29) is 0 Å². The molecular formula is C40H68N2O30. The van der Waals surface area contributed by atoms with Gasteiger partial charge < -0.3 is 150 Å². The molecule has 6 rings (SSSR count). The molecule has 2 amide bonds. The minimum atomic E-state index is -2.21. The zero-order valence-electron chi connectivity index (χ0n) is 38.8. The fourth-order valence-corrected chi connectivity index (χ4v) is 9.29. The Balaban J connectivity index is 1.27. The molecule has 32 heteroatoms. The van der Waals surface area contributed by atoms with Gasteiger partial charge in [0.1, 0.15) is 140 Å². The maximum atomic E-state index is 12.6. The number of hydrogen-bond donors (Lipinski definition) is 19. The van der Waals surface area contributed by atoms with Gasteiger partial charge in [-0.25, -0.2) is 0 Å². The third-order valence-electron chi connectivity index (χ3n) is 13.2. The highest BCUT2D eigenvalue weighted by Crippen LogP contribution is 2.37. The van der Waals surface area contributed by atoms with Gasteiger partial charge in [0.05, 0.1) is 39.1 Å². The first-order valence-electron chi connectivity index (χ1n) is 23.0. The predicted molar refractivity (Wildman–Crippen MR) is 221 cm³/mol. The van der Waals surface area contributed by atoms with Crippen LogP contribution >= 0.6 is 0 Å². The number of amides is 2. The van der Waals surface area contributed by atoms with Crippen LogP contribution in [-0.4, -0.2) is 316 Å². The van der Waals surface area contributed by atoms with E-state index < -0.39 is 229 Å². The van der Waals surface area contributed by atoms with Crippen LogP contribution in [0.15, 0.2) is 0 Å². The lowest BCUT2D eigenvalue weighted by Gasteiger charge is -2.51. The Hall–Kier alpha value is -2.18. The van der Waals surface area contributed by atoms with Gasteiger partial charge in [-0.3, -0.25) is 9.59 Å². The summed E-state index contributed by atoms with van der Waals surface area (Å²) >= 11 is 0. The molecule has 418 valence electrons. The Morgan fingerprint density at radius 3 is 1.28 bits per heavy atom. The smallest absolute Gasteiger partial charge is 0.217 e. The summed E-state index contributed by atoms with van der Waals surface area (Å²) in [4.78, 5) is 24.7. The lowest BCUT2D eigenvalue weighted by Crippen LogP contribution is -2.70. The molecule has 0 spiro atoms. The van der Waals surface area contributed by atoms with Crippen molar-refractivity contribution < 1.29 is 149 Å².